The highest BCUT2D eigenvalue weighted by Gasteiger charge is 2.31. The fourth-order valence-corrected chi connectivity index (χ4v) is 1.99. The second kappa shape index (κ2) is 6.03. The Morgan fingerprint density at radius 2 is 1.90 bits per heavy atom. The van der Waals surface area contributed by atoms with Crippen LogP contribution in [-0.2, 0) is 6.18 Å². The molecule has 0 radical (unpaired) electrons. The molecule has 21 heavy (non-hydrogen) atoms. The molecule has 0 saturated heterocycles. The van der Waals surface area contributed by atoms with E-state index in [1.54, 1.807) is 0 Å². The van der Waals surface area contributed by atoms with E-state index in [1.165, 1.54) is 18.3 Å². The van der Waals surface area contributed by atoms with E-state index in [9.17, 15) is 17.6 Å². The van der Waals surface area contributed by atoms with Crippen molar-refractivity contribution in [3.05, 3.63) is 64.2 Å². The summed E-state index contributed by atoms with van der Waals surface area (Å²) in [6.07, 6.45) is -3.36. The van der Waals surface area contributed by atoms with Crippen molar-refractivity contribution in [2.45, 2.75) is 6.18 Å². The molecule has 1 aromatic carbocycles. The van der Waals surface area contributed by atoms with Crippen LogP contribution in [0.2, 0.25) is 5.02 Å². The zero-order valence-corrected chi connectivity index (χ0v) is 11.8. The molecule has 0 amide bonds. The van der Waals surface area contributed by atoms with E-state index >= 15 is 0 Å². The molecule has 1 aromatic heterocycles. The number of alkyl halides is 3. The lowest BCUT2D eigenvalue weighted by molar-refractivity contribution is -0.137. The van der Waals surface area contributed by atoms with Crippen molar-refractivity contribution in [1.29, 1.82) is 0 Å². The number of thiol groups is 1. The first-order valence-electron chi connectivity index (χ1n) is 5.53. The highest BCUT2D eigenvalue weighted by atomic mass is 35.5. The molecule has 0 bridgehead atoms. The molecule has 0 aliphatic heterocycles. The fourth-order valence-electron chi connectivity index (χ4n) is 1.66. The maximum Gasteiger partial charge on any atom is 0.416 e. The lowest BCUT2D eigenvalue weighted by atomic mass is 10.0. The predicted molar refractivity (Wildman–Crippen MR) is 75.3 cm³/mol. The summed E-state index contributed by atoms with van der Waals surface area (Å²) in [4.78, 5) is 3.93. The van der Waals surface area contributed by atoms with Crippen molar-refractivity contribution < 1.29 is 17.6 Å². The number of rotatable bonds is 2. The lowest BCUT2D eigenvalue weighted by Crippen LogP contribution is -2.10. The van der Waals surface area contributed by atoms with Crippen LogP contribution in [0.1, 0.15) is 16.8 Å². The summed E-state index contributed by atoms with van der Waals surface area (Å²) in [7, 11) is 0. The summed E-state index contributed by atoms with van der Waals surface area (Å²) in [5, 5.41) is 0.354. The summed E-state index contributed by atoms with van der Waals surface area (Å²) >= 11 is 9.40. The summed E-state index contributed by atoms with van der Waals surface area (Å²) < 4.78 is 55.1. The first-order valence-corrected chi connectivity index (χ1v) is 6.31. The van der Waals surface area contributed by atoms with Gasteiger partial charge in [-0.05, 0) is 43.1 Å². The number of halogens is 5. The number of hydrogen-bond acceptors (Lipinski definition) is 3. The SMILES string of the molecule is Fc1cc(/C(=N/S)c2ccc(Cl)cn2)cc(C(F)(F)F)c1. The highest BCUT2D eigenvalue weighted by Crippen LogP contribution is 2.31. The average Bonchev–Trinajstić information content (AvgIpc) is 2.40. The van der Waals surface area contributed by atoms with Gasteiger partial charge in [-0.15, -0.1) is 0 Å². The van der Waals surface area contributed by atoms with Crippen molar-refractivity contribution in [1.82, 2.24) is 4.98 Å². The molecule has 0 N–H and O–H groups in total. The van der Waals surface area contributed by atoms with E-state index in [-0.39, 0.29) is 17.0 Å². The van der Waals surface area contributed by atoms with Crippen molar-refractivity contribution >= 4 is 30.1 Å². The Balaban J connectivity index is 2.53. The van der Waals surface area contributed by atoms with Crippen LogP contribution in [-0.4, -0.2) is 10.7 Å². The van der Waals surface area contributed by atoms with Crippen LogP contribution in [0, 0.1) is 5.82 Å². The van der Waals surface area contributed by atoms with Crippen LogP contribution in [0.15, 0.2) is 40.9 Å². The van der Waals surface area contributed by atoms with E-state index in [0.717, 1.165) is 12.1 Å². The van der Waals surface area contributed by atoms with Gasteiger partial charge in [0.2, 0.25) is 0 Å². The second-order valence-corrected chi connectivity index (χ2v) is 4.67. The molecule has 110 valence electrons. The third-order valence-electron chi connectivity index (χ3n) is 2.57. The number of nitrogens with zero attached hydrogens (tertiary/aromatic N) is 2. The fraction of sp³-hybridized carbons (Fsp3) is 0.0769. The molecule has 0 aliphatic carbocycles. The molecule has 2 aromatic rings. The van der Waals surface area contributed by atoms with Crippen LogP contribution in [0.25, 0.3) is 0 Å². The Labute approximate surface area is 128 Å². The first-order chi connectivity index (χ1) is 9.81. The summed E-state index contributed by atoms with van der Waals surface area (Å²) in [6.45, 7) is 0. The Kier molecular flexibility index (Phi) is 4.53. The van der Waals surface area contributed by atoms with E-state index in [0.29, 0.717) is 11.1 Å². The van der Waals surface area contributed by atoms with Gasteiger partial charge in [-0.2, -0.15) is 13.2 Å². The Bertz CT molecular complexity index is 684. The Morgan fingerprint density at radius 3 is 2.43 bits per heavy atom. The number of aromatic nitrogens is 1. The van der Waals surface area contributed by atoms with Crippen LogP contribution >= 0.6 is 24.4 Å². The second-order valence-electron chi connectivity index (χ2n) is 4.04. The molecule has 0 fully saturated rings. The largest absolute Gasteiger partial charge is 0.416 e. The van der Waals surface area contributed by atoms with Crippen molar-refractivity contribution in [2.24, 2.45) is 4.40 Å². The summed E-state index contributed by atoms with van der Waals surface area (Å²) in [5.74, 6) is -1.02. The molecule has 0 unspecified atom stereocenters. The van der Waals surface area contributed by atoms with Crippen molar-refractivity contribution in [2.75, 3.05) is 0 Å². The van der Waals surface area contributed by atoms with Gasteiger partial charge >= 0.3 is 6.18 Å². The molecule has 0 atom stereocenters. The quantitative estimate of drug-likeness (QED) is 0.485. The molecular formula is C13H7ClF4N2S. The summed E-state index contributed by atoms with van der Waals surface area (Å²) in [6, 6.07) is 5.08. The van der Waals surface area contributed by atoms with Gasteiger partial charge in [0.05, 0.1) is 16.3 Å². The minimum absolute atomic E-state index is 0.0139. The highest BCUT2D eigenvalue weighted by molar-refractivity contribution is 7.79. The van der Waals surface area contributed by atoms with Crippen LogP contribution in [0.5, 0.6) is 0 Å². The van der Waals surface area contributed by atoms with E-state index in [4.69, 9.17) is 11.6 Å². The van der Waals surface area contributed by atoms with Gasteiger partial charge in [-0.25, -0.2) is 8.79 Å². The summed E-state index contributed by atoms with van der Waals surface area (Å²) in [5.41, 5.74) is -0.943. The van der Waals surface area contributed by atoms with Crippen LogP contribution < -0.4 is 0 Å². The van der Waals surface area contributed by atoms with Crippen molar-refractivity contribution in [3.63, 3.8) is 0 Å². The van der Waals surface area contributed by atoms with Gasteiger partial charge in [-0.3, -0.25) is 4.98 Å². The third kappa shape index (κ3) is 3.74. The lowest BCUT2D eigenvalue weighted by Gasteiger charge is -2.10. The normalized spacial score (nSPS) is 12.6. The maximum absolute atomic E-state index is 13.4. The predicted octanol–water partition coefficient (Wildman–Crippen LogP) is 4.58. The van der Waals surface area contributed by atoms with Gasteiger partial charge in [0.25, 0.3) is 0 Å². The Morgan fingerprint density at radius 1 is 1.19 bits per heavy atom. The number of benzene rings is 1. The average molecular weight is 335 g/mol. The Hall–Kier alpha value is -1.60. The van der Waals surface area contributed by atoms with Crippen LogP contribution in [0.4, 0.5) is 17.6 Å². The van der Waals surface area contributed by atoms with E-state index in [1.807, 2.05) is 0 Å². The van der Waals surface area contributed by atoms with Gasteiger partial charge < -0.3 is 0 Å². The zero-order chi connectivity index (χ0) is 15.6. The molecule has 2 rings (SSSR count). The van der Waals surface area contributed by atoms with Gasteiger partial charge in [-0.1, -0.05) is 11.6 Å². The standard InChI is InChI=1S/C13H7ClF4N2S/c14-9-1-2-11(19-6-9)12(20-21)7-3-8(13(16,17)18)5-10(15)4-7/h1-6,21H/b20-12-. The van der Waals surface area contributed by atoms with Gasteiger partial charge in [0, 0.05) is 11.8 Å². The molecular weight excluding hydrogens is 328 g/mol. The minimum atomic E-state index is -4.66. The van der Waals surface area contributed by atoms with Crippen LogP contribution in [0.3, 0.4) is 0 Å². The molecule has 0 aliphatic rings. The van der Waals surface area contributed by atoms with Gasteiger partial charge in [0.15, 0.2) is 0 Å². The van der Waals surface area contributed by atoms with E-state index < -0.39 is 17.6 Å². The maximum atomic E-state index is 13.4. The molecule has 0 spiro atoms. The number of hydrogen-bond donors (Lipinski definition) is 1. The monoisotopic (exact) mass is 334 g/mol. The minimum Gasteiger partial charge on any atom is -0.253 e. The smallest absolute Gasteiger partial charge is 0.253 e. The molecule has 0 saturated carbocycles. The molecule has 2 nitrogen and oxygen atoms in total. The van der Waals surface area contributed by atoms with E-state index in [2.05, 4.69) is 22.2 Å². The molecule has 8 heteroatoms. The first kappa shape index (κ1) is 15.8. The topological polar surface area (TPSA) is 25.2 Å². The number of pyridine rings is 1. The van der Waals surface area contributed by atoms with Gasteiger partial charge in [0.1, 0.15) is 11.5 Å². The third-order valence-corrected chi connectivity index (χ3v) is 2.99. The van der Waals surface area contributed by atoms with Crippen molar-refractivity contribution in [3.8, 4) is 0 Å². The molecule has 1 heterocycles. The zero-order valence-electron chi connectivity index (χ0n) is 10.2.